The van der Waals surface area contributed by atoms with Gasteiger partial charge in [-0.15, -0.1) is 0 Å². The van der Waals surface area contributed by atoms with Crippen molar-refractivity contribution in [2.75, 3.05) is 25.6 Å². The minimum atomic E-state index is -0.938. The number of anilines is 1. The molecule has 246 valence electrons. The second-order valence-electron chi connectivity index (χ2n) is 11.9. The zero-order valence-electron chi connectivity index (χ0n) is 26.9. The molecule has 0 unspecified atom stereocenters. The maximum Gasteiger partial charge on any atom is 0.407 e. The maximum atomic E-state index is 14.1. The van der Waals surface area contributed by atoms with E-state index in [4.69, 9.17) is 9.47 Å². The number of hydrogen-bond acceptors (Lipinski definition) is 6. The number of ether oxygens (including phenoxy) is 2. The summed E-state index contributed by atoms with van der Waals surface area (Å²) in [7, 11) is 1.29. The molecule has 0 aliphatic carbocycles. The van der Waals surface area contributed by atoms with Crippen LogP contribution in [0.25, 0.3) is 0 Å². The number of alkyl carbamates (subject to hydrolysis) is 1. The lowest BCUT2D eigenvalue weighted by atomic mass is 9.84. The number of aromatic nitrogens is 3. The molecule has 4 aromatic carbocycles. The molecule has 0 bridgehead atoms. The summed E-state index contributed by atoms with van der Waals surface area (Å²) < 4.78 is 13.2. The van der Waals surface area contributed by atoms with Crippen molar-refractivity contribution in [1.29, 1.82) is 0 Å². The number of aromatic amines is 1. The van der Waals surface area contributed by atoms with E-state index in [1.165, 1.54) is 12.7 Å². The van der Waals surface area contributed by atoms with E-state index in [1.807, 2.05) is 114 Å². The van der Waals surface area contributed by atoms with Crippen molar-refractivity contribution in [2.24, 2.45) is 0 Å². The normalized spacial score (nSPS) is 16.6. The minimum absolute atomic E-state index is 0.00233. The molecule has 0 radical (unpaired) electrons. The first-order valence-corrected chi connectivity index (χ1v) is 16.2. The van der Waals surface area contributed by atoms with Gasteiger partial charge >= 0.3 is 6.09 Å². The molecule has 2 amide bonds. The predicted molar refractivity (Wildman–Crippen MR) is 182 cm³/mol. The molecule has 1 fully saturated rings. The number of morpholine rings is 1. The Morgan fingerprint density at radius 3 is 2.21 bits per heavy atom. The van der Waals surface area contributed by atoms with Crippen LogP contribution in [0.3, 0.4) is 0 Å². The van der Waals surface area contributed by atoms with Crippen LogP contribution >= 0.6 is 0 Å². The van der Waals surface area contributed by atoms with Crippen LogP contribution in [-0.2, 0) is 27.2 Å². The Kier molecular flexibility index (Phi) is 10.9. The van der Waals surface area contributed by atoms with Gasteiger partial charge in [0.05, 0.1) is 19.8 Å². The lowest BCUT2D eigenvalue weighted by molar-refractivity contribution is -0.746. The second kappa shape index (κ2) is 16.0. The maximum absolute atomic E-state index is 14.1. The fourth-order valence-electron chi connectivity index (χ4n) is 6.14. The third kappa shape index (κ3) is 8.33. The molecule has 5 aromatic rings. The molecule has 6 rings (SSSR count). The van der Waals surface area contributed by atoms with Crippen molar-refractivity contribution >= 4 is 17.7 Å². The average molecular weight is 646 g/mol. The highest BCUT2D eigenvalue weighted by Gasteiger charge is 2.33. The van der Waals surface area contributed by atoms with Gasteiger partial charge in [0.25, 0.3) is 0 Å². The fraction of sp³-hybridized carbons (Fsp3) is 0.263. The first-order chi connectivity index (χ1) is 23.6. The summed E-state index contributed by atoms with van der Waals surface area (Å²) in [5.74, 6) is -0.789. The number of H-pyrrole nitrogens is 1. The van der Waals surface area contributed by atoms with Crippen molar-refractivity contribution in [2.45, 2.75) is 43.5 Å². The minimum Gasteiger partial charge on any atom is -0.453 e. The largest absolute Gasteiger partial charge is 0.453 e. The van der Waals surface area contributed by atoms with Crippen molar-refractivity contribution in [3.05, 3.63) is 149 Å². The van der Waals surface area contributed by atoms with Crippen molar-refractivity contribution in [1.82, 2.24) is 20.9 Å². The van der Waals surface area contributed by atoms with E-state index in [1.54, 1.807) is 0 Å². The van der Waals surface area contributed by atoms with Gasteiger partial charge in [0.2, 0.25) is 11.6 Å². The molecule has 1 aromatic heterocycles. The highest BCUT2D eigenvalue weighted by molar-refractivity contribution is 5.98. The van der Waals surface area contributed by atoms with Gasteiger partial charge in [-0.25, -0.2) is 4.79 Å². The summed E-state index contributed by atoms with van der Waals surface area (Å²) in [6, 6.07) is 36.5. The van der Waals surface area contributed by atoms with Crippen LogP contribution in [0.15, 0.2) is 121 Å². The van der Waals surface area contributed by atoms with Crippen LogP contribution in [0, 0.1) is 0 Å². The summed E-state index contributed by atoms with van der Waals surface area (Å²) >= 11 is 0. The standard InChI is InChI=1S/C38H40N6O4/c1-47-38(46)41-36(35(29-16-7-3-8-17-29)30-18-9-4-10-19-30)37(45)40-32-20-12-11-15-28(32)21-22-31-23-39-34(26-48-31)33-25-44(43-42-33)24-27-13-5-2-6-14-27/h2-20,25,31,34-36,39H,21-24,26H2,1H3,(H2,40,41,45,46)/p+1/t31-,34+,36+/m1/s1. The molecule has 4 N–H and O–H groups in total. The Balaban J connectivity index is 1.10. The molecule has 1 aliphatic heterocycles. The van der Waals surface area contributed by atoms with E-state index in [0.29, 0.717) is 25.3 Å². The monoisotopic (exact) mass is 645 g/mol. The summed E-state index contributed by atoms with van der Waals surface area (Å²) in [6.45, 7) is 1.92. The molecule has 3 atom stereocenters. The van der Waals surface area contributed by atoms with Gasteiger partial charge in [-0.05, 0) is 41.2 Å². The topological polar surface area (TPSA) is 121 Å². The van der Waals surface area contributed by atoms with E-state index in [-0.39, 0.29) is 18.1 Å². The van der Waals surface area contributed by atoms with Crippen molar-refractivity contribution in [3.63, 3.8) is 0 Å². The molecule has 10 nitrogen and oxygen atoms in total. The number of carbonyl (C=O) groups excluding carboxylic acids is 2. The van der Waals surface area contributed by atoms with Gasteiger partial charge < -0.3 is 25.4 Å². The predicted octanol–water partition coefficient (Wildman–Crippen LogP) is 4.90. The SMILES string of the molecule is COC(=O)N[C@H](C(=O)Nc1ccccc1CC[C@@H]1CN[C@H](c2c[n+](Cc3ccccc3)[nH]n2)CO1)C(c1ccccc1)c1ccccc1. The lowest BCUT2D eigenvalue weighted by Crippen LogP contribution is -2.48. The van der Waals surface area contributed by atoms with Crippen molar-refractivity contribution < 1.29 is 23.7 Å². The van der Waals surface area contributed by atoms with E-state index in [9.17, 15) is 9.59 Å². The third-order valence-electron chi connectivity index (χ3n) is 8.64. The van der Waals surface area contributed by atoms with Crippen LogP contribution < -0.4 is 20.6 Å². The quantitative estimate of drug-likeness (QED) is 0.143. The summed E-state index contributed by atoms with van der Waals surface area (Å²) in [4.78, 5) is 26.6. The van der Waals surface area contributed by atoms with Crippen LogP contribution in [0.1, 0.15) is 46.3 Å². The molecule has 0 saturated carbocycles. The van der Waals surface area contributed by atoms with Crippen LogP contribution in [-0.4, -0.2) is 54.7 Å². The molecule has 10 heteroatoms. The number of aryl methyl sites for hydroxylation is 1. The van der Waals surface area contributed by atoms with Gasteiger partial charge in [0.15, 0.2) is 6.20 Å². The third-order valence-corrected chi connectivity index (χ3v) is 8.64. The Morgan fingerprint density at radius 1 is 0.917 bits per heavy atom. The van der Waals surface area contributed by atoms with Crippen molar-refractivity contribution in [3.8, 4) is 0 Å². The van der Waals surface area contributed by atoms with E-state index in [0.717, 1.165) is 35.3 Å². The van der Waals surface area contributed by atoms with Crippen LogP contribution in [0.5, 0.6) is 0 Å². The Morgan fingerprint density at radius 2 is 1.56 bits per heavy atom. The van der Waals surface area contributed by atoms with E-state index >= 15 is 0 Å². The zero-order valence-corrected chi connectivity index (χ0v) is 26.9. The average Bonchev–Trinajstić information content (AvgIpc) is 3.60. The molecule has 1 saturated heterocycles. The number of para-hydroxylation sites is 1. The molecule has 48 heavy (non-hydrogen) atoms. The molecular formula is C38H41N6O4+. The van der Waals surface area contributed by atoms with Gasteiger partial charge in [-0.2, -0.15) is 4.68 Å². The lowest BCUT2D eigenvalue weighted by Gasteiger charge is -2.29. The number of amides is 2. The Labute approximate surface area is 280 Å². The van der Waals surface area contributed by atoms with E-state index in [2.05, 4.69) is 38.4 Å². The van der Waals surface area contributed by atoms with Gasteiger partial charge in [-0.3, -0.25) is 4.79 Å². The van der Waals surface area contributed by atoms with E-state index < -0.39 is 18.1 Å². The number of nitrogens with one attached hydrogen (secondary N) is 4. The number of benzene rings is 4. The summed E-state index contributed by atoms with van der Waals surface area (Å²) in [5.41, 5.74) is 5.59. The number of methoxy groups -OCH3 is 1. The number of hydrogen-bond donors (Lipinski definition) is 4. The van der Waals surface area contributed by atoms with Gasteiger partial charge in [-0.1, -0.05) is 114 Å². The van der Waals surface area contributed by atoms with Crippen LogP contribution in [0.4, 0.5) is 10.5 Å². The number of nitrogens with zero attached hydrogens (tertiary/aromatic N) is 2. The molecular weight excluding hydrogens is 604 g/mol. The Hall–Kier alpha value is -5.32. The fourth-order valence-corrected chi connectivity index (χ4v) is 6.14. The van der Waals surface area contributed by atoms with Crippen LogP contribution in [0.2, 0.25) is 0 Å². The first-order valence-electron chi connectivity index (χ1n) is 16.2. The molecule has 2 heterocycles. The zero-order chi connectivity index (χ0) is 33.1. The highest BCUT2D eigenvalue weighted by atomic mass is 16.5. The number of rotatable bonds is 12. The second-order valence-corrected chi connectivity index (χ2v) is 11.9. The van der Waals surface area contributed by atoms with Gasteiger partial charge in [0, 0.05) is 23.2 Å². The summed E-state index contributed by atoms with van der Waals surface area (Å²) in [5, 5.41) is 17.1. The smallest absolute Gasteiger partial charge is 0.407 e. The number of carbonyl (C=O) groups is 2. The highest BCUT2D eigenvalue weighted by Crippen LogP contribution is 2.30. The van der Waals surface area contributed by atoms with Gasteiger partial charge in [0.1, 0.15) is 18.6 Å². The Bertz CT molecular complexity index is 1720. The molecule has 0 spiro atoms. The summed E-state index contributed by atoms with van der Waals surface area (Å²) in [6.07, 6.45) is 2.82. The first kappa shape index (κ1) is 32.6. The molecule has 1 aliphatic rings.